The van der Waals surface area contributed by atoms with Crippen LogP contribution in [0.3, 0.4) is 0 Å². The third kappa shape index (κ3) is 4.73. The first-order valence-electron chi connectivity index (χ1n) is 8.99. The van der Waals surface area contributed by atoms with Gasteiger partial charge < -0.3 is 10.6 Å². The quantitative estimate of drug-likeness (QED) is 0.706. The van der Waals surface area contributed by atoms with Crippen molar-refractivity contribution in [3.05, 3.63) is 60.4 Å². The number of hydrogen-bond acceptors (Lipinski definition) is 3. The summed E-state index contributed by atoms with van der Waals surface area (Å²) in [5.74, 6) is -0.461. The number of carbonyl (C=O) groups is 2. The summed E-state index contributed by atoms with van der Waals surface area (Å²) in [5, 5.41) is 11.9. The van der Waals surface area contributed by atoms with E-state index in [1.165, 1.54) is 0 Å². The SMILES string of the molecule is CC(C)C(NC(=O)Cc1ccc2ccccc2c1)C(=O)Nc1cnn(C)c1. The van der Waals surface area contributed by atoms with Crippen LogP contribution >= 0.6 is 0 Å². The van der Waals surface area contributed by atoms with E-state index in [9.17, 15) is 9.59 Å². The first-order valence-corrected chi connectivity index (χ1v) is 8.99. The lowest BCUT2D eigenvalue weighted by atomic mass is 10.0. The Labute approximate surface area is 158 Å². The number of nitrogens with one attached hydrogen (secondary N) is 2. The monoisotopic (exact) mass is 364 g/mol. The Morgan fingerprint density at radius 2 is 1.85 bits per heavy atom. The second-order valence-corrected chi connectivity index (χ2v) is 7.04. The number of aryl methyl sites for hydroxylation is 1. The van der Waals surface area contributed by atoms with Crippen LogP contribution in [0.15, 0.2) is 54.9 Å². The molecule has 1 unspecified atom stereocenters. The first-order chi connectivity index (χ1) is 12.9. The Morgan fingerprint density at radius 1 is 1.11 bits per heavy atom. The molecular formula is C21H24N4O2. The Kier molecular flexibility index (Phi) is 5.54. The van der Waals surface area contributed by atoms with Crippen LogP contribution in [0.2, 0.25) is 0 Å². The van der Waals surface area contributed by atoms with Gasteiger partial charge in [-0.15, -0.1) is 0 Å². The molecule has 0 spiro atoms. The number of aromatic nitrogens is 2. The summed E-state index contributed by atoms with van der Waals surface area (Å²) in [5.41, 5.74) is 1.53. The fourth-order valence-corrected chi connectivity index (χ4v) is 3.00. The van der Waals surface area contributed by atoms with Crippen LogP contribution in [-0.4, -0.2) is 27.6 Å². The van der Waals surface area contributed by atoms with Crippen molar-refractivity contribution in [2.45, 2.75) is 26.3 Å². The van der Waals surface area contributed by atoms with Gasteiger partial charge in [0.15, 0.2) is 0 Å². The van der Waals surface area contributed by atoms with Gasteiger partial charge in [-0.05, 0) is 22.3 Å². The molecule has 0 saturated carbocycles. The highest BCUT2D eigenvalue weighted by Gasteiger charge is 2.24. The minimum Gasteiger partial charge on any atom is -0.344 e. The molecule has 1 atom stereocenters. The van der Waals surface area contributed by atoms with Crippen molar-refractivity contribution in [1.29, 1.82) is 0 Å². The van der Waals surface area contributed by atoms with Crippen molar-refractivity contribution in [2.24, 2.45) is 13.0 Å². The smallest absolute Gasteiger partial charge is 0.247 e. The van der Waals surface area contributed by atoms with Gasteiger partial charge >= 0.3 is 0 Å². The first kappa shape index (κ1) is 18.6. The molecule has 0 bridgehead atoms. The molecular weight excluding hydrogens is 340 g/mol. The fourth-order valence-electron chi connectivity index (χ4n) is 3.00. The van der Waals surface area contributed by atoms with E-state index in [0.29, 0.717) is 5.69 Å². The van der Waals surface area contributed by atoms with E-state index in [0.717, 1.165) is 16.3 Å². The third-order valence-electron chi connectivity index (χ3n) is 4.42. The maximum Gasteiger partial charge on any atom is 0.247 e. The highest BCUT2D eigenvalue weighted by molar-refractivity contribution is 5.97. The molecule has 1 heterocycles. The highest BCUT2D eigenvalue weighted by atomic mass is 16.2. The molecule has 27 heavy (non-hydrogen) atoms. The summed E-state index contributed by atoms with van der Waals surface area (Å²) in [7, 11) is 1.78. The van der Waals surface area contributed by atoms with Crippen LogP contribution in [0.4, 0.5) is 5.69 Å². The van der Waals surface area contributed by atoms with Crippen molar-refractivity contribution in [1.82, 2.24) is 15.1 Å². The Morgan fingerprint density at radius 3 is 2.52 bits per heavy atom. The lowest BCUT2D eigenvalue weighted by Gasteiger charge is -2.21. The molecule has 6 heteroatoms. The molecule has 2 amide bonds. The second kappa shape index (κ2) is 8.03. The standard InChI is InChI=1S/C21H24N4O2/c1-14(2)20(21(27)23-18-12-22-25(3)13-18)24-19(26)11-15-8-9-16-6-4-5-7-17(16)10-15/h4-10,12-14,20H,11H2,1-3H3,(H,23,27)(H,24,26). The molecule has 3 rings (SSSR count). The number of amides is 2. The number of rotatable bonds is 6. The summed E-state index contributed by atoms with van der Waals surface area (Å²) in [6, 6.07) is 13.4. The molecule has 0 saturated heterocycles. The van der Waals surface area contributed by atoms with E-state index >= 15 is 0 Å². The summed E-state index contributed by atoms with van der Waals surface area (Å²) in [6.07, 6.45) is 3.52. The molecule has 2 aromatic carbocycles. The van der Waals surface area contributed by atoms with E-state index in [1.807, 2.05) is 56.3 Å². The van der Waals surface area contributed by atoms with Crippen molar-refractivity contribution in [3.8, 4) is 0 Å². The molecule has 0 radical (unpaired) electrons. The van der Waals surface area contributed by atoms with Gasteiger partial charge in [-0.1, -0.05) is 56.3 Å². The van der Waals surface area contributed by atoms with E-state index < -0.39 is 6.04 Å². The predicted molar refractivity (Wildman–Crippen MR) is 106 cm³/mol. The Hall–Kier alpha value is -3.15. The van der Waals surface area contributed by atoms with E-state index in [2.05, 4.69) is 15.7 Å². The number of anilines is 1. The van der Waals surface area contributed by atoms with Crippen LogP contribution in [0.1, 0.15) is 19.4 Å². The number of hydrogen-bond donors (Lipinski definition) is 2. The number of carbonyl (C=O) groups excluding carboxylic acids is 2. The summed E-state index contributed by atoms with van der Waals surface area (Å²) in [4.78, 5) is 25.1. The maximum atomic E-state index is 12.6. The molecule has 3 aromatic rings. The van der Waals surface area contributed by atoms with Crippen LogP contribution in [0.5, 0.6) is 0 Å². The topological polar surface area (TPSA) is 76.0 Å². The molecule has 0 fully saturated rings. The van der Waals surface area contributed by atoms with Crippen LogP contribution in [0.25, 0.3) is 10.8 Å². The fraction of sp³-hybridized carbons (Fsp3) is 0.286. The minimum atomic E-state index is -0.613. The lowest BCUT2D eigenvalue weighted by Crippen LogP contribution is -2.47. The molecule has 0 aliphatic rings. The van der Waals surface area contributed by atoms with Crippen molar-refractivity contribution < 1.29 is 9.59 Å². The lowest BCUT2D eigenvalue weighted by molar-refractivity contribution is -0.127. The van der Waals surface area contributed by atoms with E-state index in [-0.39, 0.29) is 24.2 Å². The van der Waals surface area contributed by atoms with Gasteiger partial charge in [-0.2, -0.15) is 5.10 Å². The predicted octanol–water partition coefficient (Wildman–Crippen LogP) is 2.90. The molecule has 1 aromatic heterocycles. The third-order valence-corrected chi connectivity index (χ3v) is 4.42. The van der Waals surface area contributed by atoms with Gasteiger partial charge in [0.1, 0.15) is 6.04 Å². The average Bonchev–Trinajstić information content (AvgIpc) is 3.04. The number of fused-ring (bicyclic) bond motifs is 1. The zero-order chi connectivity index (χ0) is 19.4. The molecule has 0 aliphatic heterocycles. The summed E-state index contributed by atoms with van der Waals surface area (Å²) < 4.78 is 1.61. The molecule has 0 aliphatic carbocycles. The normalized spacial score (nSPS) is 12.1. The zero-order valence-electron chi connectivity index (χ0n) is 15.8. The van der Waals surface area contributed by atoms with E-state index in [1.54, 1.807) is 24.1 Å². The maximum absolute atomic E-state index is 12.6. The van der Waals surface area contributed by atoms with Crippen LogP contribution in [0, 0.1) is 5.92 Å². The van der Waals surface area contributed by atoms with E-state index in [4.69, 9.17) is 0 Å². The Bertz CT molecular complexity index is 961. The summed E-state index contributed by atoms with van der Waals surface area (Å²) >= 11 is 0. The molecule has 6 nitrogen and oxygen atoms in total. The largest absolute Gasteiger partial charge is 0.344 e. The minimum absolute atomic E-state index is 0.0396. The van der Waals surface area contributed by atoms with Crippen molar-refractivity contribution in [3.63, 3.8) is 0 Å². The second-order valence-electron chi connectivity index (χ2n) is 7.04. The van der Waals surface area contributed by atoms with Gasteiger partial charge in [0, 0.05) is 13.2 Å². The van der Waals surface area contributed by atoms with Crippen LogP contribution in [-0.2, 0) is 23.1 Å². The van der Waals surface area contributed by atoms with Gasteiger partial charge in [0.25, 0.3) is 0 Å². The van der Waals surface area contributed by atoms with Gasteiger partial charge in [0.05, 0.1) is 18.3 Å². The van der Waals surface area contributed by atoms with Gasteiger partial charge in [-0.25, -0.2) is 0 Å². The average molecular weight is 364 g/mol. The van der Waals surface area contributed by atoms with Crippen molar-refractivity contribution in [2.75, 3.05) is 5.32 Å². The van der Waals surface area contributed by atoms with Gasteiger partial charge in [0.2, 0.25) is 11.8 Å². The number of nitrogens with zero attached hydrogens (tertiary/aromatic N) is 2. The van der Waals surface area contributed by atoms with Crippen LogP contribution < -0.4 is 10.6 Å². The zero-order valence-corrected chi connectivity index (χ0v) is 15.8. The van der Waals surface area contributed by atoms with Gasteiger partial charge in [-0.3, -0.25) is 14.3 Å². The highest BCUT2D eigenvalue weighted by Crippen LogP contribution is 2.16. The molecule has 2 N–H and O–H groups in total. The number of benzene rings is 2. The summed E-state index contributed by atoms with van der Waals surface area (Å²) in [6.45, 7) is 3.81. The molecule has 140 valence electrons. The Balaban J connectivity index is 1.66. The van der Waals surface area contributed by atoms with Crippen molar-refractivity contribution >= 4 is 28.3 Å².